The maximum atomic E-state index is 13.0. The van der Waals surface area contributed by atoms with Gasteiger partial charge in [-0.15, -0.1) is 11.3 Å². The molecule has 6 nitrogen and oxygen atoms in total. The second kappa shape index (κ2) is 8.52. The molecule has 1 fully saturated rings. The van der Waals surface area contributed by atoms with Crippen LogP contribution in [0.4, 0.5) is 10.7 Å². The molecule has 4 rings (SSSR count). The van der Waals surface area contributed by atoms with Crippen molar-refractivity contribution in [2.24, 2.45) is 5.41 Å². The summed E-state index contributed by atoms with van der Waals surface area (Å²) in [6.07, 6.45) is 3.61. The van der Waals surface area contributed by atoms with Gasteiger partial charge in [-0.05, 0) is 66.3 Å². The van der Waals surface area contributed by atoms with Crippen molar-refractivity contribution in [2.45, 2.75) is 64.8 Å². The number of carboxylic acid groups (broad SMARTS) is 1. The van der Waals surface area contributed by atoms with Gasteiger partial charge in [-0.1, -0.05) is 27.7 Å². The van der Waals surface area contributed by atoms with Crippen molar-refractivity contribution in [2.75, 3.05) is 23.8 Å². The second-order valence-electron chi connectivity index (χ2n) is 10.4. The number of rotatable bonds is 5. The van der Waals surface area contributed by atoms with Gasteiger partial charge < -0.3 is 20.5 Å². The SMILES string of the molecule is CC1(C)Cc2c(sc(NC(=O)c3ccc(NC4CCOCC4)cc3)c2C(=O)O)C(C)(C)C1. The van der Waals surface area contributed by atoms with E-state index in [0.717, 1.165) is 48.6 Å². The van der Waals surface area contributed by atoms with Crippen LogP contribution in [-0.4, -0.2) is 36.2 Å². The van der Waals surface area contributed by atoms with Crippen LogP contribution in [0.25, 0.3) is 0 Å². The van der Waals surface area contributed by atoms with Crippen LogP contribution in [0.3, 0.4) is 0 Å². The number of carbonyl (C=O) groups is 2. The predicted octanol–water partition coefficient (Wildman–Crippen LogP) is 5.54. The molecule has 1 saturated heterocycles. The minimum atomic E-state index is -0.984. The summed E-state index contributed by atoms with van der Waals surface area (Å²) < 4.78 is 5.39. The standard InChI is InChI=1S/C25H32N2O4S/c1-24(2)13-18-19(23(29)30)22(32-20(18)25(3,4)14-24)27-21(28)15-5-7-16(8-6-15)26-17-9-11-31-12-10-17/h5-8,17,26H,9-14H2,1-4H3,(H,27,28)(H,29,30). The van der Waals surface area contributed by atoms with Crippen molar-refractivity contribution in [1.82, 2.24) is 0 Å². The Balaban J connectivity index is 1.54. The van der Waals surface area contributed by atoms with Gasteiger partial charge in [0, 0.05) is 35.4 Å². The monoisotopic (exact) mass is 456 g/mol. The number of fused-ring (bicyclic) bond motifs is 1. The lowest BCUT2D eigenvalue weighted by Gasteiger charge is -2.40. The highest BCUT2D eigenvalue weighted by atomic mass is 32.1. The molecule has 32 heavy (non-hydrogen) atoms. The molecule has 0 atom stereocenters. The number of anilines is 2. The van der Waals surface area contributed by atoms with E-state index >= 15 is 0 Å². The average Bonchev–Trinajstić information content (AvgIpc) is 3.06. The highest BCUT2D eigenvalue weighted by Gasteiger charge is 2.42. The molecule has 1 aromatic heterocycles. The van der Waals surface area contributed by atoms with Crippen LogP contribution in [-0.2, 0) is 16.6 Å². The average molecular weight is 457 g/mol. The summed E-state index contributed by atoms with van der Waals surface area (Å²) in [4.78, 5) is 26.2. The first kappa shape index (κ1) is 22.8. The Labute approximate surface area is 193 Å². The van der Waals surface area contributed by atoms with E-state index in [-0.39, 0.29) is 22.3 Å². The van der Waals surface area contributed by atoms with E-state index in [2.05, 4.69) is 38.3 Å². The Hall–Kier alpha value is -2.38. The van der Waals surface area contributed by atoms with Gasteiger partial charge in [0.1, 0.15) is 5.00 Å². The highest BCUT2D eigenvalue weighted by molar-refractivity contribution is 7.17. The number of carbonyl (C=O) groups excluding carboxylic acids is 1. The molecule has 2 heterocycles. The van der Waals surface area contributed by atoms with Crippen LogP contribution in [0.1, 0.15) is 78.1 Å². The van der Waals surface area contributed by atoms with Crippen molar-refractivity contribution in [3.05, 3.63) is 45.8 Å². The first-order valence-electron chi connectivity index (χ1n) is 11.2. The molecule has 0 spiro atoms. The van der Waals surface area contributed by atoms with E-state index in [0.29, 0.717) is 23.0 Å². The fraction of sp³-hybridized carbons (Fsp3) is 0.520. The number of nitrogens with one attached hydrogen (secondary N) is 2. The topological polar surface area (TPSA) is 87.7 Å². The fourth-order valence-electron chi connectivity index (χ4n) is 5.28. The van der Waals surface area contributed by atoms with Crippen molar-refractivity contribution >= 4 is 33.9 Å². The molecule has 1 aliphatic carbocycles. The van der Waals surface area contributed by atoms with Gasteiger partial charge in [-0.3, -0.25) is 4.79 Å². The van der Waals surface area contributed by atoms with Crippen LogP contribution >= 0.6 is 11.3 Å². The number of ether oxygens (including phenoxy) is 1. The van der Waals surface area contributed by atoms with E-state index in [1.165, 1.54) is 11.3 Å². The maximum Gasteiger partial charge on any atom is 0.339 e. The number of benzene rings is 1. The summed E-state index contributed by atoms with van der Waals surface area (Å²) in [7, 11) is 0. The minimum Gasteiger partial charge on any atom is -0.478 e. The molecular formula is C25H32N2O4S. The zero-order valence-electron chi connectivity index (χ0n) is 19.2. The van der Waals surface area contributed by atoms with Gasteiger partial charge in [0.25, 0.3) is 5.91 Å². The molecule has 2 aromatic rings. The largest absolute Gasteiger partial charge is 0.478 e. The van der Waals surface area contributed by atoms with Gasteiger partial charge in [0.15, 0.2) is 0 Å². The second-order valence-corrected chi connectivity index (χ2v) is 11.4. The molecule has 0 saturated carbocycles. The Bertz CT molecular complexity index is 1020. The third-order valence-electron chi connectivity index (χ3n) is 6.38. The number of carboxylic acids is 1. The van der Waals surface area contributed by atoms with Crippen LogP contribution in [0.5, 0.6) is 0 Å². The summed E-state index contributed by atoms with van der Waals surface area (Å²) in [5, 5.41) is 16.8. The van der Waals surface area contributed by atoms with Crippen LogP contribution in [0, 0.1) is 5.41 Å². The van der Waals surface area contributed by atoms with E-state index in [1.807, 2.05) is 12.1 Å². The Kier molecular flexibility index (Phi) is 6.07. The number of aromatic carboxylic acids is 1. The molecule has 0 bridgehead atoms. The summed E-state index contributed by atoms with van der Waals surface area (Å²) in [5.41, 5.74) is 2.47. The zero-order chi connectivity index (χ0) is 23.1. The number of amides is 1. The van der Waals surface area contributed by atoms with Crippen molar-refractivity contribution < 1.29 is 19.4 Å². The van der Waals surface area contributed by atoms with Crippen LogP contribution < -0.4 is 10.6 Å². The van der Waals surface area contributed by atoms with E-state index < -0.39 is 5.97 Å². The van der Waals surface area contributed by atoms with E-state index in [9.17, 15) is 14.7 Å². The van der Waals surface area contributed by atoms with Crippen LogP contribution in [0.15, 0.2) is 24.3 Å². The Morgan fingerprint density at radius 1 is 1.09 bits per heavy atom. The van der Waals surface area contributed by atoms with E-state index in [1.54, 1.807) is 12.1 Å². The molecule has 0 radical (unpaired) electrons. The molecule has 172 valence electrons. The number of hydrogen-bond acceptors (Lipinski definition) is 5. The van der Waals surface area contributed by atoms with Crippen molar-refractivity contribution in [3.8, 4) is 0 Å². The molecule has 3 N–H and O–H groups in total. The molecule has 0 unspecified atom stereocenters. The lowest BCUT2D eigenvalue weighted by atomic mass is 9.65. The zero-order valence-corrected chi connectivity index (χ0v) is 20.0. The Morgan fingerprint density at radius 2 is 1.75 bits per heavy atom. The summed E-state index contributed by atoms with van der Waals surface area (Å²) >= 11 is 1.41. The number of thiophene rings is 1. The molecular weight excluding hydrogens is 424 g/mol. The first-order valence-corrected chi connectivity index (χ1v) is 12.0. The van der Waals surface area contributed by atoms with E-state index in [4.69, 9.17) is 4.74 Å². The summed E-state index contributed by atoms with van der Waals surface area (Å²) in [6, 6.07) is 7.73. The molecule has 2 aliphatic rings. The normalized spacial score (nSPS) is 19.8. The smallest absolute Gasteiger partial charge is 0.339 e. The maximum absolute atomic E-state index is 13.0. The lowest BCUT2D eigenvalue weighted by molar-refractivity contribution is 0.0696. The van der Waals surface area contributed by atoms with Crippen LogP contribution in [0.2, 0.25) is 0 Å². The highest BCUT2D eigenvalue weighted by Crippen LogP contribution is 2.52. The van der Waals surface area contributed by atoms with Gasteiger partial charge in [-0.25, -0.2) is 4.79 Å². The third kappa shape index (κ3) is 4.69. The molecule has 1 aliphatic heterocycles. The third-order valence-corrected chi connectivity index (χ3v) is 7.89. The lowest BCUT2D eigenvalue weighted by Crippen LogP contribution is -2.34. The fourth-order valence-corrected chi connectivity index (χ4v) is 6.59. The molecule has 1 aromatic carbocycles. The van der Waals surface area contributed by atoms with Gasteiger partial charge in [0.05, 0.1) is 5.56 Å². The summed E-state index contributed by atoms with van der Waals surface area (Å²) in [5.74, 6) is -1.27. The van der Waals surface area contributed by atoms with Gasteiger partial charge in [0.2, 0.25) is 0 Å². The molecule has 1 amide bonds. The van der Waals surface area contributed by atoms with Gasteiger partial charge in [-0.2, -0.15) is 0 Å². The van der Waals surface area contributed by atoms with Crippen molar-refractivity contribution in [1.29, 1.82) is 0 Å². The minimum absolute atomic E-state index is 0.0103. The quantitative estimate of drug-likeness (QED) is 0.550. The van der Waals surface area contributed by atoms with Gasteiger partial charge >= 0.3 is 5.97 Å². The predicted molar refractivity (Wildman–Crippen MR) is 128 cm³/mol. The molecule has 7 heteroatoms. The number of hydrogen-bond donors (Lipinski definition) is 3. The first-order chi connectivity index (χ1) is 15.1. The Morgan fingerprint density at radius 3 is 2.38 bits per heavy atom. The summed E-state index contributed by atoms with van der Waals surface area (Å²) in [6.45, 7) is 10.2. The van der Waals surface area contributed by atoms with Crippen molar-refractivity contribution in [3.63, 3.8) is 0 Å².